The van der Waals surface area contributed by atoms with E-state index in [0.29, 0.717) is 17.8 Å². The molecule has 5 aliphatic rings. The molecule has 5 aliphatic carbocycles. The minimum Gasteiger partial charge on any atom is -0.481 e. The molecule has 5 rings (SSSR count). The molecular formula is C31H50O3. The molecule has 192 valence electrons. The average molecular weight is 471 g/mol. The van der Waals surface area contributed by atoms with Crippen LogP contribution in [0.5, 0.6) is 0 Å². The molecule has 0 amide bonds. The van der Waals surface area contributed by atoms with E-state index < -0.39 is 11.4 Å². The summed E-state index contributed by atoms with van der Waals surface area (Å²) in [5.74, 6) is 1.19. The molecule has 5 fully saturated rings. The molecule has 0 heterocycles. The first-order valence-corrected chi connectivity index (χ1v) is 14.2. The Balaban J connectivity index is 1.61. The first kappa shape index (κ1) is 24.8. The summed E-state index contributed by atoms with van der Waals surface area (Å²) in [6.45, 7) is 21.4. The summed E-state index contributed by atoms with van der Waals surface area (Å²) in [5.41, 5.74) is 1.20. The molecule has 0 bridgehead atoms. The van der Waals surface area contributed by atoms with Crippen molar-refractivity contribution >= 4 is 5.97 Å². The number of aliphatic hydroxyl groups excluding tert-OH is 1. The number of carboxylic acid groups (broad SMARTS) is 1. The Hall–Kier alpha value is -0.830. The maximum absolute atomic E-state index is 12.9. The van der Waals surface area contributed by atoms with Crippen LogP contribution in [0.3, 0.4) is 0 Å². The van der Waals surface area contributed by atoms with Crippen LogP contribution in [0.1, 0.15) is 113 Å². The van der Waals surface area contributed by atoms with Crippen LogP contribution in [0.2, 0.25) is 0 Å². The Morgan fingerprint density at radius 3 is 2.03 bits per heavy atom. The van der Waals surface area contributed by atoms with Gasteiger partial charge in [-0.3, -0.25) is 4.79 Å². The molecule has 0 aromatic carbocycles. The summed E-state index contributed by atoms with van der Waals surface area (Å²) in [6.07, 6.45) is 10.3. The summed E-state index contributed by atoms with van der Waals surface area (Å²) in [4.78, 5) is 12.9. The lowest BCUT2D eigenvalue weighted by Gasteiger charge is -2.75. The molecule has 3 nitrogen and oxygen atoms in total. The Morgan fingerprint density at radius 1 is 0.794 bits per heavy atom. The van der Waals surface area contributed by atoms with Gasteiger partial charge < -0.3 is 10.2 Å². The van der Waals surface area contributed by atoms with E-state index in [0.717, 1.165) is 44.9 Å². The topological polar surface area (TPSA) is 57.5 Å². The Kier molecular flexibility index (Phi) is 5.22. The minimum absolute atomic E-state index is 0.0158. The van der Waals surface area contributed by atoms with Gasteiger partial charge in [0.05, 0.1) is 11.5 Å². The van der Waals surface area contributed by atoms with Crippen LogP contribution in [0.4, 0.5) is 0 Å². The smallest absolute Gasteiger partial charge is 0.309 e. The van der Waals surface area contributed by atoms with E-state index >= 15 is 0 Å². The zero-order valence-electron chi connectivity index (χ0n) is 23.0. The van der Waals surface area contributed by atoms with Gasteiger partial charge in [-0.05, 0) is 122 Å². The molecule has 0 saturated heterocycles. The molecule has 0 aliphatic heterocycles. The van der Waals surface area contributed by atoms with Gasteiger partial charge in [0.15, 0.2) is 0 Å². The highest BCUT2D eigenvalue weighted by molar-refractivity contribution is 5.76. The van der Waals surface area contributed by atoms with Gasteiger partial charge in [0.1, 0.15) is 0 Å². The number of hydrogen-bond acceptors (Lipinski definition) is 2. The van der Waals surface area contributed by atoms with Crippen LogP contribution in [0.15, 0.2) is 12.2 Å². The molecule has 0 aromatic rings. The van der Waals surface area contributed by atoms with Crippen LogP contribution in [-0.4, -0.2) is 22.3 Å². The van der Waals surface area contributed by atoms with Crippen molar-refractivity contribution in [3.63, 3.8) is 0 Å². The molecule has 2 N–H and O–H groups in total. The van der Waals surface area contributed by atoms with Gasteiger partial charge >= 0.3 is 5.97 Å². The van der Waals surface area contributed by atoms with Crippen molar-refractivity contribution in [2.45, 2.75) is 119 Å². The normalized spacial score (nSPS) is 55.9. The van der Waals surface area contributed by atoms with Crippen LogP contribution < -0.4 is 0 Å². The summed E-state index contributed by atoms with van der Waals surface area (Å²) in [7, 11) is 0. The van der Waals surface area contributed by atoms with Crippen molar-refractivity contribution in [3.05, 3.63) is 12.2 Å². The highest BCUT2D eigenvalue weighted by atomic mass is 16.4. The lowest BCUT2D eigenvalue weighted by atomic mass is 9.29. The van der Waals surface area contributed by atoms with Gasteiger partial charge in [-0.15, -0.1) is 0 Å². The van der Waals surface area contributed by atoms with Gasteiger partial charge in [0.2, 0.25) is 0 Å². The zero-order valence-corrected chi connectivity index (χ0v) is 23.0. The molecule has 0 spiro atoms. The first-order chi connectivity index (χ1) is 15.6. The molecule has 0 radical (unpaired) electrons. The first-order valence-electron chi connectivity index (χ1n) is 14.2. The number of hydrogen-bond donors (Lipinski definition) is 2. The maximum atomic E-state index is 12.9. The molecule has 1 unspecified atom stereocenters. The van der Waals surface area contributed by atoms with Crippen molar-refractivity contribution in [1.82, 2.24) is 0 Å². The fourth-order valence-electron chi connectivity index (χ4n) is 12.1. The summed E-state index contributed by atoms with van der Waals surface area (Å²) in [6, 6.07) is 0. The number of carbonyl (C=O) groups is 1. The summed E-state index contributed by atoms with van der Waals surface area (Å²) in [5, 5.41) is 21.5. The minimum atomic E-state index is -0.570. The predicted molar refractivity (Wildman–Crippen MR) is 137 cm³/mol. The fourth-order valence-corrected chi connectivity index (χ4v) is 12.1. The van der Waals surface area contributed by atoms with E-state index in [1.165, 1.54) is 24.8 Å². The van der Waals surface area contributed by atoms with Gasteiger partial charge in [0.25, 0.3) is 0 Å². The van der Waals surface area contributed by atoms with Crippen LogP contribution >= 0.6 is 0 Å². The Morgan fingerprint density at radius 2 is 1.41 bits per heavy atom. The largest absolute Gasteiger partial charge is 0.481 e. The number of rotatable bonds is 2. The third kappa shape index (κ3) is 2.61. The molecule has 5 saturated carbocycles. The second kappa shape index (κ2) is 7.14. The molecule has 10 atom stereocenters. The number of allylic oxidation sites excluding steroid dienone is 1. The van der Waals surface area contributed by atoms with Crippen LogP contribution in [0.25, 0.3) is 0 Å². The van der Waals surface area contributed by atoms with Crippen molar-refractivity contribution in [1.29, 1.82) is 0 Å². The lowest BCUT2D eigenvalue weighted by Crippen LogP contribution is -2.70. The van der Waals surface area contributed by atoms with Gasteiger partial charge in [-0.25, -0.2) is 0 Å². The van der Waals surface area contributed by atoms with Gasteiger partial charge in [-0.2, -0.15) is 0 Å². The monoisotopic (exact) mass is 470 g/mol. The van der Waals surface area contributed by atoms with E-state index in [4.69, 9.17) is 0 Å². The Labute approximate surface area is 208 Å². The van der Waals surface area contributed by atoms with Crippen molar-refractivity contribution in [2.75, 3.05) is 0 Å². The predicted octanol–water partition coefficient (Wildman–Crippen LogP) is 7.48. The maximum Gasteiger partial charge on any atom is 0.309 e. The second-order valence-electron chi connectivity index (χ2n) is 15.2. The molecule has 0 aromatic heterocycles. The van der Waals surface area contributed by atoms with E-state index in [1.54, 1.807) is 0 Å². The zero-order chi connectivity index (χ0) is 25.1. The average Bonchev–Trinajstić information content (AvgIpc) is 3.16. The molecule has 3 heteroatoms. The fraction of sp³-hybridized carbons (Fsp3) is 0.903. The van der Waals surface area contributed by atoms with E-state index in [9.17, 15) is 15.0 Å². The standard InChI is InChI=1S/C31H50O3/c1-19(2)20-9-16-31(25(33)34)18-17-30(8)28(6)14-10-21-26(3,4)23(32)12-13-27(21,5)22(28)11-15-29(30,7)24(20)31/h20-24,32H,1,9-18H2,2-8H3,(H,33,34)/t20?,21-,22+,23-,24+,27-,28+,29+,30-,31-/m0/s1. The number of aliphatic carboxylic acids is 1. The van der Waals surface area contributed by atoms with Crippen molar-refractivity contribution in [3.8, 4) is 0 Å². The highest BCUT2D eigenvalue weighted by Gasteiger charge is 2.75. The molecular weight excluding hydrogens is 420 g/mol. The highest BCUT2D eigenvalue weighted by Crippen LogP contribution is 2.81. The summed E-state index contributed by atoms with van der Waals surface area (Å²) < 4.78 is 0. The second-order valence-corrected chi connectivity index (χ2v) is 15.2. The van der Waals surface area contributed by atoms with Crippen molar-refractivity contribution in [2.24, 2.45) is 56.2 Å². The number of aliphatic hydroxyl groups is 1. The van der Waals surface area contributed by atoms with Gasteiger partial charge in [0, 0.05) is 0 Å². The Bertz CT molecular complexity index is 906. The van der Waals surface area contributed by atoms with E-state index in [1.807, 2.05) is 0 Å². The van der Waals surface area contributed by atoms with E-state index in [-0.39, 0.29) is 39.1 Å². The lowest BCUT2D eigenvalue weighted by molar-refractivity contribution is -0.276. The van der Waals surface area contributed by atoms with Crippen molar-refractivity contribution < 1.29 is 15.0 Å². The quantitative estimate of drug-likeness (QED) is 0.411. The van der Waals surface area contributed by atoms with E-state index in [2.05, 4.69) is 55.0 Å². The third-order valence-electron chi connectivity index (χ3n) is 14.2. The number of fused-ring (bicyclic) bond motifs is 7. The third-order valence-corrected chi connectivity index (χ3v) is 14.2. The van der Waals surface area contributed by atoms with Crippen LogP contribution in [-0.2, 0) is 4.79 Å². The number of carboxylic acids is 1. The summed E-state index contributed by atoms with van der Waals surface area (Å²) >= 11 is 0. The van der Waals surface area contributed by atoms with Crippen LogP contribution in [0, 0.1) is 56.2 Å². The molecule has 34 heavy (non-hydrogen) atoms. The van der Waals surface area contributed by atoms with Gasteiger partial charge in [-0.1, -0.05) is 53.7 Å². The SMILES string of the molecule is C=C(C)C1CC[C@]2(C(=O)O)CC[C@@]3(C)[C@]4(C)CC[C@H]5C(C)(C)[C@@H](O)CC[C@]5(C)[C@H]4CC[C@]3(C)[C@@H]12.